The third kappa shape index (κ3) is 2.90. The van der Waals surface area contributed by atoms with Crippen molar-refractivity contribution in [3.8, 4) is 0 Å². The van der Waals surface area contributed by atoms with E-state index in [1.807, 2.05) is 0 Å². The first-order valence-electron chi connectivity index (χ1n) is 8.45. The first-order valence-corrected chi connectivity index (χ1v) is 8.45. The van der Waals surface area contributed by atoms with Crippen LogP contribution in [0.5, 0.6) is 0 Å². The molecular weight excluding hydrogens is 280 g/mol. The Morgan fingerprint density at radius 1 is 1.04 bits per heavy atom. The summed E-state index contributed by atoms with van der Waals surface area (Å²) in [6.45, 7) is 13.3. The third-order valence-electron chi connectivity index (χ3n) is 4.74. The van der Waals surface area contributed by atoms with Gasteiger partial charge >= 0.3 is 6.33 Å². The molecule has 1 heterocycles. The van der Waals surface area contributed by atoms with Crippen molar-refractivity contribution in [1.29, 1.82) is 0 Å². The molecule has 0 amide bonds. The molecule has 0 saturated heterocycles. The zero-order valence-electron chi connectivity index (χ0n) is 15.1. The summed E-state index contributed by atoms with van der Waals surface area (Å²) in [5.74, 6) is 0.956. The van der Waals surface area contributed by atoms with Gasteiger partial charge in [0.15, 0.2) is 0 Å². The van der Waals surface area contributed by atoms with Crippen molar-refractivity contribution in [2.45, 2.75) is 41.5 Å². The van der Waals surface area contributed by atoms with E-state index in [0.29, 0.717) is 11.8 Å². The minimum Gasteiger partial charge on any atom is -0.234 e. The van der Waals surface area contributed by atoms with Gasteiger partial charge in [-0.1, -0.05) is 24.0 Å². The van der Waals surface area contributed by atoms with Crippen molar-refractivity contribution >= 4 is 5.70 Å². The van der Waals surface area contributed by atoms with Gasteiger partial charge in [-0.15, -0.1) is 12.2 Å². The van der Waals surface area contributed by atoms with Crippen molar-refractivity contribution in [2.75, 3.05) is 0 Å². The molecule has 0 fully saturated rings. The molecule has 1 aromatic heterocycles. The molecule has 2 heteroatoms. The van der Waals surface area contributed by atoms with E-state index in [1.165, 1.54) is 34.0 Å². The van der Waals surface area contributed by atoms with Crippen LogP contribution in [0.25, 0.3) is 5.70 Å². The smallest absolute Gasteiger partial charge is 0.234 e. The second-order valence-electron chi connectivity index (χ2n) is 7.05. The molecule has 2 aliphatic carbocycles. The SMILES string of the molecule is CC1=CC(C)C([n+]2c[n+]([C-]3C(C)=CC(C)C=C3C)c[cH-]2)=C(C)[CH+]1. The van der Waals surface area contributed by atoms with Crippen LogP contribution in [0.15, 0.2) is 59.2 Å². The highest BCUT2D eigenvalue weighted by Gasteiger charge is 2.33. The Labute approximate surface area is 140 Å². The maximum Gasteiger partial charge on any atom is 0.324 e. The van der Waals surface area contributed by atoms with Crippen LogP contribution in [0.1, 0.15) is 41.5 Å². The zero-order chi connectivity index (χ0) is 16.7. The zero-order valence-corrected chi connectivity index (χ0v) is 15.1. The van der Waals surface area contributed by atoms with Gasteiger partial charge in [-0.25, -0.2) is 4.57 Å². The highest BCUT2D eigenvalue weighted by molar-refractivity contribution is 5.55. The molecule has 2 nitrogen and oxygen atoms in total. The van der Waals surface area contributed by atoms with Gasteiger partial charge in [0.05, 0.1) is 12.0 Å². The Morgan fingerprint density at radius 3 is 2.30 bits per heavy atom. The minimum absolute atomic E-state index is 0.436. The Bertz CT molecular complexity index is 720. The molecule has 0 radical (unpaired) electrons. The van der Waals surface area contributed by atoms with E-state index in [1.54, 1.807) is 0 Å². The third-order valence-corrected chi connectivity index (χ3v) is 4.74. The monoisotopic (exact) mass is 307 g/mol. The molecule has 23 heavy (non-hydrogen) atoms. The molecule has 0 N–H and O–H groups in total. The number of imidazole rings is 1. The topological polar surface area (TPSA) is 7.76 Å². The van der Waals surface area contributed by atoms with Crippen LogP contribution in [-0.2, 0) is 0 Å². The molecule has 1 unspecified atom stereocenters. The molecule has 1 aromatic rings. The number of nitrogens with zero attached hydrogens (tertiary/aromatic N) is 2. The fourth-order valence-corrected chi connectivity index (χ4v) is 4.08. The van der Waals surface area contributed by atoms with Crippen LogP contribution >= 0.6 is 0 Å². The van der Waals surface area contributed by atoms with Crippen LogP contribution in [0.2, 0.25) is 0 Å². The highest BCUT2D eigenvalue weighted by Crippen LogP contribution is 2.29. The Kier molecular flexibility index (Phi) is 4.01. The van der Waals surface area contributed by atoms with E-state index in [9.17, 15) is 0 Å². The number of hydrogen-bond acceptors (Lipinski definition) is 0. The number of rotatable bonds is 2. The van der Waals surface area contributed by atoms with Crippen LogP contribution in [-0.4, -0.2) is 0 Å². The van der Waals surface area contributed by atoms with Crippen molar-refractivity contribution in [1.82, 2.24) is 0 Å². The first-order chi connectivity index (χ1) is 10.9. The second kappa shape index (κ2) is 5.84. The van der Waals surface area contributed by atoms with Crippen LogP contribution < -0.4 is 9.13 Å². The molecular formula is C21H27N2+. The van der Waals surface area contributed by atoms with Gasteiger partial charge in [0, 0.05) is 6.08 Å². The normalized spacial score (nSPS) is 22.6. The molecule has 120 valence electrons. The summed E-state index contributed by atoms with van der Waals surface area (Å²) in [5, 5.41) is 0. The molecule has 2 aliphatic rings. The summed E-state index contributed by atoms with van der Waals surface area (Å²) in [6.07, 6.45) is 15.8. The number of aromatic nitrogens is 2. The predicted octanol–water partition coefficient (Wildman–Crippen LogP) is 3.93. The van der Waals surface area contributed by atoms with Crippen LogP contribution in [0.4, 0.5) is 0 Å². The van der Waals surface area contributed by atoms with Crippen molar-refractivity contribution < 1.29 is 9.13 Å². The van der Waals surface area contributed by atoms with Gasteiger partial charge in [0.25, 0.3) is 5.70 Å². The van der Waals surface area contributed by atoms with Gasteiger partial charge in [-0.05, 0) is 34.6 Å². The Balaban J connectivity index is 1.94. The predicted molar refractivity (Wildman–Crippen MR) is 93.9 cm³/mol. The van der Waals surface area contributed by atoms with Gasteiger partial charge in [0.2, 0.25) is 0 Å². The lowest BCUT2D eigenvalue weighted by molar-refractivity contribution is -0.724. The first kappa shape index (κ1) is 15.8. The van der Waals surface area contributed by atoms with Gasteiger partial charge in [0.1, 0.15) is 29.9 Å². The fourth-order valence-electron chi connectivity index (χ4n) is 4.08. The molecule has 0 bridgehead atoms. The van der Waals surface area contributed by atoms with E-state index in [2.05, 4.69) is 94.0 Å². The summed E-state index contributed by atoms with van der Waals surface area (Å²) in [6, 6.07) is 1.30. The molecule has 0 aromatic carbocycles. The molecule has 0 aliphatic heterocycles. The van der Waals surface area contributed by atoms with Gasteiger partial charge in [-0.2, -0.15) is 4.57 Å². The van der Waals surface area contributed by atoms with Crippen molar-refractivity contribution in [2.24, 2.45) is 11.8 Å². The lowest BCUT2D eigenvalue weighted by atomic mass is 9.89. The second-order valence-corrected chi connectivity index (χ2v) is 7.05. The van der Waals surface area contributed by atoms with Gasteiger partial charge in [-0.3, -0.25) is 0 Å². The average molecular weight is 307 g/mol. The average Bonchev–Trinajstić information content (AvgIpc) is 2.85. The minimum atomic E-state index is 0.436. The summed E-state index contributed by atoms with van der Waals surface area (Å²) < 4.78 is 4.52. The molecule has 0 spiro atoms. The quantitative estimate of drug-likeness (QED) is 0.578. The number of hydrogen-bond donors (Lipinski definition) is 0. The standard InChI is InChI=1S/C21H27N2/c1-14-9-16(3)20(17(4)10-14)22-7-8-23(13-22)21-18(5)11-15(2)12-19(21)6/h7-14,18H,1-6H3/q+1. The Morgan fingerprint density at radius 2 is 1.70 bits per heavy atom. The number of allylic oxidation sites excluding steroid dienone is 8. The molecule has 0 saturated carbocycles. The summed E-state index contributed by atoms with van der Waals surface area (Å²) in [7, 11) is 0. The van der Waals surface area contributed by atoms with E-state index in [-0.39, 0.29) is 0 Å². The maximum atomic E-state index is 2.33. The van der Waals surface area contributed by atoms with Crippen LogP contribution in [0, 0.1) is 24.3 Å². The highest BCUT2D eigenvalue weighted by atomic mass is 15.1. The fraction of sp³-hybridized carbons (Fsp3) is 0.381. The van der Waals surface area contributed by atoms with E-state index in [0.717, 1.165) is 0 Å². The summed E-state index contributed by atoms with van der Waals surface area (Å²) >= 11 is 0. The Hall–Kier alpha value is -2.09. The maximum absolute atomic E-state index is 2.33. The molecule has 3 rings (SSSR count). The van der Waals surface area contributed by atoms with Crippen molar-refractivity contribution in [3.63, 3.8) is 0 Å². The van der Waals surface area contributed by atoms with E-state index >= 15 is 0 Å². The summed E-state index contributed by atoms with van der Waals surface area (Å²) in [5.41, 5.74) is 6.77. The van der Waals surface area contributed by atoms with Gasteiger partial charge < -0.3 is 0 Å². The lowest BCUT2D eigenvalue weighted by Gasteiger charge is -2.24. The lowest BCUT2D eigenvalue weighted by Crippen LogP contribution is -2.45. The van der Waals surface area contributed by atoms with Crippen LogP contribution in [0.3, 0.4) is 0 Å². The van der Waals surface area contributed by atoms with Crippen molar-refractivity contribution in [3.05, 3.63) is 71.7 Å². The van der Waals surface area contributed by atoms with E-state index in [4.69, 9.17) is 0 Å². The molecule has 1 atom stereocenters. The largest absolute Gasteiger partial charge is 0.324 e. The summed E-state index contributed by atoms with van der Waals surface area (Å²) in [4.78, 5) is 0. The van der Waals surface area contributed by atoms with E-state index < -0.39 is 0 Å².